The van der Waals surface area contributed by atoms with Crippen LogP contribution in [0.4, 0.5) is 0 Å². The minimum absolute atomic E-state index is 0.0850. The summed E-state index contributed by atoms with van der Waals surface area (Å²) in [6.45, 7) is 1.93. The van der Waals surface area contributed by atoms with Crippen LogP contribution in [0.5, 0.6) is 5.75 Å². The second-order valence-electron chi connectivity index (χ2n) is 8.92. The second-order valence-corrected chi connectivity index (χ2v) is 8.92. The maximum absolute atomic E-state index is 13.5. The van der Waals surface area contributed by atoms with Gasteiger partial charge in [-0.15, -0.1) is 0 Å². The van der Waals surface area contributed by atoms with Gasteiger partial charge in [-0.05, 0) is 36.1 Å². The number of nitrogens with one attached hydrogen (secondary N) is 1. The lowest BCUT2D eigenvalue weighted by Gasteiger charge is -2.28. The number of nitrogens with zero attached hydrogens (tertiary/aromatic N) is 4. The molecule has 0 saturated heterocycles. The van der Waals surface area contributed by atoms with Gasteiger partial charge in [-0.3, -0.25) is 10.1 Å². The van der Waals surface area contributed by atoms with Gasteiger partial charge in [0.15, 0.2) is 5.82 Å². The molecule has 1 aliphatic heterocycles. The Morgan fingerprint density at radius 2 is 1.88 bits per heavy atom. The lowest BCUT2D eigenvalue weighted by molar-refractivity contribution is -0.132. The number of hydrogen-bond acceptors (Lipinski definition) is 7. The highest BCUT2D eigenvalue weighted by molar-refractivity contribution is 6.03. The number of amides is 1. The number of benzene rings is 2. The fraction of sp³-hybridized carbons (Fsp3) is 0.385. The number of ether oxygens (including phenoxy) is 1. The topological polar surface area (TPSA) is 92.8 Å². The van der Waals surface area contributed by atoms with Crippen LogP contribution in [0.25, 0.3) is 0 Å². The van der Waals surface area contributed by atoms with Crippen molar-refractivity contribution < 1.29 is 14.1 Å². The highest BCUT2D eigenvalue weighted by Crippen LogP contribution is 2.38. The third kappa shape index (κ3) is 4.33. The first-order valence-electron chi connectivity index (χ1n) is 11.7. The van der Waals surface area contributed by atoms with Gasteiger partial charge in [0.25, 0.3) is 5.91 Å². The molecule has 1 unspecified atom stereocenters. The zero-order chi connectivity index (χ0) is 23.5. The first-order valence-corrected chi connectivity index (χ1v) is 11.7. The summed E-state index contributed by atoms with van der Waals surface area (Å²) in [7, 11) is 1.65. The van der Waals surface area contributed by atoms with Gasteiger partial charge < -0.3 is 9.26 Å². The van der Waals surface area contributed by atoms with Crippen LogP contribution in [-0.2, 0) is 10.3 Å². The first-order chi connectivity index (χ1) is 16.6. The molecule has 1 aromatic heterocycles. The maximum atomic E-state index is 13.5. The fourth-order valence-corrected chi connectivity index (χ4v) is 4.91. The Bertz CT molecular complexity index is 1170. The molecule has 1 aliphatic carbocycles. The highest BCUT2D eigenvalue weighted by Gasteiger charge is 2.41. The van der Waals surface area contributed by atoms with E-state index in [1.54, 1.807) is 19.0 Å². The van der Waals surface area contributed by atoms with Crippen molar-refractivity contribution in [2.24, 2.45) is 5.10 Å². The van der Waals surface area contributed by atoms with E-state index >= 15 is 0 Å². The quantitative estimate of drug-likeness (QED) is 0.571. The van der Waals surface area contributed by atoms with E-state index in [4.69, 9.17) is 14.4 Å². The molecule has 1 amide bonds. The van der Waals surface area contributed by atoms with E-state index in [1.807, 2.05) is 54.6 Å². The van der Waals surface area contributed by atoms with Crippen LogP contribution >= 0.6 is 0 Å². The van der Waals surface area contributed by atoms with E-state index in [9.17, 15) is 4.79 Å². The Labute approximate surface area is 199 Å². The molecule has 3 aromatic rings. The van der Waals surface area contributed by atoms with Gasteiger partial charge in [0.05, 0.1) is 30.9 Å². The zero-order valence-electron chi connectivity index (χ0n) is 19.5. The molecule has 2 aromatic carbocycles. The predicted octanol–water partition coefficient (Wildman–Crippen LogP) is 4.12. The van der Waals surface area contributed by atoms with Crippen LogP contribution in [0, 0.1) is 6.92 Å². The summed E-state index contributed by atoms with van der Waals surface area (Å²) in [5.74, 6) is 1.87. The molecule has 8 nitrogen and oxygen atoms in total. The van der Waals surface area contributed by atoms with Crippen molar-refractivity contribution in [3.05, 3.63) is 77.4 Å². The van der Waals surface area contributed by atoms with Crippen LogP contribution in [0.3, 0.4) is 0 Å². The Kier molecular flexibility index (Phi) is 6.15. The number of aryl methyl sites for hydroxylation is 1. The van der Waals surface area contributed by atoms with Crippen molar-refractivity contribution in [2.75, 3.05) is 13.7 Å². The van der Waals surface area contributed by atoms with Gasteiger partial charge in [0, 0.05) is 13.3 Å². The van der Waals surface area contributed by atoms with Gasteiger partial charge in [-0.25, -0.2) is 5.01 Å². The number of hydrazone groups is 1. The third-order valence-corrected chi connectivity index (χ3v) is 6.76. The van der Waals surface area contributed by atoms with Gasteiger partial charge >= 0.3 is 0 Å². The Morgan fingerprint density at radius 1 is 1.15 bits per heavy atom. The maximum Gasteiger partial charge on any atom is 0.257 e. The third-order valence-electron chi connectivity index (χ3n) is 6.76. The Balaban J connectivity index is 1.39. The number of methoxy groups -OCH3 is 1. The fourth-order valence-electron chi connectivity index (χ4n) is 4.91. The molecule has 5 rings (SSSR count). The lowest BCUT2D eigenvalue weighted by Crippen LogP contribution is -2.46. The minimum atomic E-state index is -0.436. The van der Waals surface area contributed by atoms with Crippen LogP contribution in [0.1, 0.15) is 61.0 Å². The van der Waals surface area contributed by atoms with Crippen molar-refractivity contribution in [2.45, 2.75) is 50.6 Å². The summed E-state index contributed by atoms with van der Waals surface area (Å²) in [5, 5.41) is 14.1. The summed E-state index contributed by atoms with van der Waals surface area (Å²) in [6.07, 6.45) is 4.52. The smallest absolute Gasteiger partial charge is 0.257 e. The monoisotopic (exact) mass is 459 g/mol. The van der Waals surface area contributed by atoms with E-state index in [0.717, 1.165) is 48.3 Å². The molecule has 1 fully saturated rings. The lowest BCUT2D eigenvalue weighted by atomic mass is 9.96. The molecular weight excluding hydrogens is 430 g/mol. The average molecular weight is 460 g/mol. The zero-order valence-corrected chi connectivity index (χ0v) is 19.5. The molecule has 8 heteroatoms. The average Bonchev–Trinajstić information content (AvgIpc) is 3.63. The van der Waals surface area contributed by atoms with Crippen LogP contribution in [-0.4, -0.2) is 40.4 Å². The molecule has 34 heavy (non-hydrogen) atoms. The SMILES string of the molecule is COc1ccc(C2CC(c3ccccc3)=NN2C(=O)CNC2(c3noc(C)n3)CCCC2)cc1. The van der Waals surface area contributed by atoms with E-state index in [2.05, 4.69) is 15.5 Å². The predicted molar refractivity (Wildman–Crippen MR) is 127 cm³/mol. The van der Waals surface area contributed by atoms with Crippen molar-refractivity contribution in [3.8, 4) is 5.75 Å². The van der Waals surface area contributed by atoms with Crippen LogP contribution in [0.2, 0.25) is 0 Å². The summed E-state index contributed by atoms with van der Waals surface area (Å²) in [6, 6.07) is 17.7. The summed E-state index contributed by atoms with van der Waals surface area (Å²) in [4.78, 5) is 18.0. The van der Waals surface area contributed by atoms with Crippen LogP contribution in [0.15, 0.2) is 64.2 Å². The number of rotatable bonds is 7. The van der Waals surface area contributed by atoms with E-state index in [0.29, 0.717) is 18.1 Å². The molecule has 0 radical (unpaired) electrons. The van der Waals surface area contributed by atoms with Crippen molar-refractivity contribution in [1.29, 1.82) is 0 Å². The number of hydrogen-bond donors (Lipinski definition) is 1. The van der Waals surface area contributed by atoms with Gasteiger partial charge in [-0.2, -0.15) is 10.1 Å². The van der Waals surface area contributed by atoms with Gasteiger partial charge in [-0.1, -0.05) is 60.5 Å². The van der Waals surface area contributed by atoms with Crippen molar-refractivity contribution in [1.82, 2.24) is 20.5 Å². The molecule has 0 spiro atoms. The number of aromatic nitrogens is 2. The summed E-state index contributed by atoms with van der Waals surface area (Å²) < 4.78 is 10.5. The molecule has 1 N–H and O–H groups in total. The summed E-state index contributed by atoms with van der Waals surface area (Å²) in [5.41, 5.74) is 2.51. The van der Waals surface area contributed by atoms with E-state index < -0.39 is 5.54 Å². The van der Waals surface area contributed by atoms with Crippen molar-refractivity contribution in [3.63, 3.8) is 0 Å². The molecule has 2 aliphatic rings. The van der Waals surface area contributed by atoms with E-state index in [-0.39, 0.29) is 18.5 Å². The van der Waals surface area contributed by atoms with Crippen LogP contribution < -0.4 is 10.1 Å². The molecular formula is C26H29N5O3. The molecule has 1 saturated carbocycles. The Hall–Kier alpha value is -3.52. The van der Waals surface area contributed by atoms with Crippen molar-refractivity contribution >= 4 is 11.6 Å². The Morgan fingerprint density at radius 3 is 2.53 bits per heavy atom. The van der Waals surface area contributed by atoms with Gasteiger partial charge in [0.2, 0.25) is 5.89 Å². The minimum Gasteiger partial charge on any atom is -0.497 e. The molecule has 0 bridgehead atoms. The normalized spacial score (nSPS) is 19.3. The first kappa shape index (κ1) is 22.3. The van der Waals surface area contributed by atoms with Gasteiger partial charge in [0.1, 0.15) is 5.75 Å². The number of carbonyl (C=O) groups excluding carboxylic acids is 1. The second kappa shape index (κ2) is 9.38. The molecule has 176 valence electrons. The molecule has 1 atom stereocenters. The molecule has 2 heterocycles. The highest BCUT2D eigenvalue weighted by atomic mass is 16.5. The number of carbonyl (C=O) groups is 1. The largest absolute Gasteiger partial charge is 0.497 e. The van der Waals surface area contributed by atoms with E-state index in [1.165, 1.54) is 0 Å². The summed E-state index contributed by atoms with van der Waals surface area (Å²) >= 11 is 0. The standard InChI is InChI=1S/C26H29N5O3/c1-18-28-25(30-34-18)26(14-6-7-15-26)27-17-24(32)31-23(20-10-12-21(33-2)13-11-20)16-22(29-31)19-8-4-3-5-9-19/h3-5,8-13,23,27H,6-7,14-17H2,1-2H3.